The van der Waals surface area contributed by atoms with E-state index < -0.39 is 6.36 Å². The van der Waals surface area contributed by atoms with E-state index in [0.717, 1.165) is 5.56 Å². The summed E-state index contributed by atoms with van der Waals surface area (Å²) in [7, 11) is 0. The van der Waals surface area contributed by atoms with E-state index in [1.54, 1.807) is 36.4 Å². The number of nitrogens with zero attached hydrogens (tertiary/aromatic N) is 2. The van der Waals surface area contributed by atoms with Gasteiger partial charge in [0.05, 0.1) is 22.9 Å². The van der Waals surface area contributed by atoms with Gasteiger partial charge in [-0.05, 0) is 54.1 Å². The van der Waals surface area contributed by atoms with Crippen molar-refractivity contribution in [2.45, 2.75) is 12.9 Å². The number of rotatable bonds is 5. The van der Waals surface area contributed by atoms with E-state index in [1.165, 1.54) is 30.5 Å². The van der Waals surface area contributed by atoms with Crippen LogP contribution in [0.5, 0.6) is 5.75 Å². The molecule has 0 radical (unpaired) electrons. The number of hydrogen-bond acceptors (Lipinski definition) is 4. The molecule has 29 heavy (non-hydrogen) atoms. The minimum Gasteiger partial charge on any atom is -0.406 e. The average Bonchev–Trinajstić information content (AvgIpc) is 2.72. The molecule has 0 bridgehead atoms. The zero-order valence-corrected chi connectivity index (χ0v) is 14.9. The van der Waals surface area contributed by atoms with Crippen LogP contribution in [0.3, 0.4) is 0 Å². The molecule has 0 unspecified atom stereocenters. The maximum atomic E-state index is 12.2. The smallest absolute Gasteiger partial charge is 0.406 e. The van der Waals surface area contributed by atoms with E-state index in [2.05, 4.69) is 15.0 Å². The number of amides is 1. The highest BCUT2D eigenvalue weighted by Crippen LogP contribution is 2.25. The van der Waals surface area contributed by atoms with Crippen LogP contribution in [0.4, 0.5) is 13.2 Å². The fraction of sp³-hybridized carbons (Fsp3) is 0.0952. The molecule has 0 spiro atoms. The van der Waals surface area contributed by atoms with E-state index >= 15 is 0 Å². The van der Waals surface area contributed by atoms with Crippen LogP contribution in [0, 0.1) is 11.3 Å². The standard InChI is InChI=1S/C21H14F3N3O2/c22-21(23,24)29-18-8-5-16(6-9-18)19-10-7-17(13-26-19)20(28)27-12-15-3-1-14(11-25)2-4-15/h1-10,13H,12H2,(H,27,28). The van der Waals surface area contributed by atoms with Crippen LogP contribution in [-0.4, -0.2) is 17.3 Å². The summed E-state index contributed by atoms with van der Waals surface area (Å²) in [5, 5.41) is 11.5. The number of nitrogens with one attached hydrogen (secondary N) is 1. The Balaban J connectivity index is 1.61. The Labute approximate surface area is 164 Å². The van der Waals surface area contributed by atoms with Crippen LogP contribution >= 0.6 is 0 Å². The molecule has 0 aliphatic rings. The molecule has 0 fully saturated rings. The maximum absolute atomic E-state index is 12.2. The summed E-state index contributed by atoms with van der Waals surface area (Å²) in [6.07, 6.45) is -3.35. The highest BCUT2D eigenvalue weighted by molar-refractivity contribution is 5.94. The molecule has 0 saturated heterocycles. The normalized spacial score (nSPS) is 10.8. The van der Waals surface area contributed by atoms with Gasteiger partial charge in [-0.1, -0.05) is 12.1 Å². The topological polar surface area (TPSA) is 75.0 Å². The number of nitriles is 1. The van der Waals surface area contributed by atoms with Gasteiger partial charge in [-0.15, -0.1) is 13.2 Å². The molecule has 2 aromatic carbocycles. The Morgan fingerprint density at radius 1 is 1.03 bits per heavy atom. The first-order valence-electron chi connectivity index (χ1n) is 8.43. The van der Waals surface area contributed by atoms with Crippen LogP contribution in [0.25, 0.3) is 11.3 Å². The van der Waals surface area contributed by atoms with E-state index in [0.29, 0.717) is 28.9 Å². The largest absolute Gasteiger partial charge is 0.573 e. The predicted octanol–water partition coefficient (Wildman–Crippen LogP) is 4.45. The lowest BCUT2D eigenvalue weighted by atomic mass is 10.1. The van der Waals surface area contributed by atoms with Gasteiger partial charge >= 0.3 is 6.36 Å². The maximum Gasteiger partial charge on any atom is 0.573 e. The molecule has 1 N–H and O–H groups in total. The first kappa shape index (κ1) is 19.9. The lowest BCUT2D eigenvalue weighted by Crippen LogP contribution is -2.22. The van der Waals surface area contributed by atoms with Gasteiger partial charge < -0.3 is 10.1 Å². The minimum absolute atomic E-state index is 0.299. The quantitative estimate of drug-likeness (QED) is 0.690. The summed E-state index contributed by atoms with van der Waals surface area (Å²) in [5.41, 5.74) is 2.83. The number of ether oxygens (including phenoxy) is 1. The summed E-state index contributed by atoms with van der Waals surface area (Å²) < 4.78 is 40.4. The third kappa shape index (κ3) is 5.56. The first-order valence-corrected chi connectivity index (χ1v) is 8.43. The van der Waals surface area contributed by atoms with Crippen LogP contribution in [0.2, 0.25) is 0 Å². The lowest BCUT2D eigenvalue weighted by molar-refractivity contribution is -0.274. The number of carbonyl (C=O) groups is 1. The van der Waals surface area contributed by atoms with Crippen molar-refractivity contribution in [1.29, 1.82) is 5.26 Å². The van der Waals surface area contributed by atoms with Gasteiger partial charge in [-0.3, -0.25) is 9.78 Å². The summed E-state index contributed by atoms with van der Waals surface area (Å²) in [4.78, 5) is 16.4. The Hall–Kier alpha value is -3.86. The van der Waals surface area contributed by atoms with Crippen molar-refractivity contribution in [1.82, 2.24) is 10.3 Å². The van der Waals surface area contributed by atoms with E-state index in [-0.39, 0.29) is 11.7 Å². The Morgan fingerprint density at radius 2 is 1.72 bits per heavy atom. The Bertz CT molecular complexity index is 1020. The molecule has 0 aliphatic heterocycles. The molecule has 146 valence electrons. The Morgan fingerprint density at radius 3 is 2.28 bits per heavy atom. The van der Waals surface area contributed by atoms with Crippen molar-refractivity contribution in [3.8, 4) is 23.1 Å². The number of pyridine rings is 1. The second-order valence-electron chi connectivity index (χ2n) is 6.00. The molecule has 1 heterocycles. The Kier molecular flexibility index (Phi) is 5.79. The fourth-order valence-electron chi connectivity index (χ4n) is 2.51. The molecule has 0 aliphatic carbocycles. The zero-order chi connectivity index (χ0) is 20.9. The van der Waals surface area contributed by atoms with E-state index in [4.69, 9.17) is 5.26 Å². The van der Waals surface area contributed by atoms with Crippen LogP contribution in [0.15, 0.2) is 66.9 Å². The van der Waals surface area contributed by atoms with Gasteiger partial charge in [-0.25, -0.2) is 0 Å². The molecule has 8 heteroatoms. The van der Waals surface area contributed by atoms with Gasteiger partial charge in [0.25, 0.3) is 5.91 Å². The molecule has 0 atom stereocenters. The van der Waals surface area contributed by atoms with E-state index in [9.17, 15) is 18.0 Å². The number of alkyl halides is 3. The SMILES string of the molecule is N#Cc1ccc(CNC(=O)c2ccc(-c3ccc(OC(F)(F)F)cc3)nc2)cc1. The number of carbonyl (C=O) groups excluding carboxylic acids is 1. The van der Waals surface area contributed by atoms with Gasteiger partial charge in [0.15, 0.2) is 0 Å². The summed E-state index contributed by atoms with van der Waals surface area (Å²) in [5.74, 6) is -0.637. The molecule has 0 saturated carbocycles. The molecule has 5 nitrogen and oxygen atoms in total. The fourth-order valence-corrected chi connectivity index (χ4v) is 2.51. The molecular formula is C21H14F3N3O2. The van der Waals surface area contributed by atoms with Gasteiger partial charge in [0.2, 0.25) is 0 Å². The third-order valence-electron chi connectivity index (χ3n) is 3.95. The number of aromatic nitrogens is 1. The lowest BCUT2D eigenvalue weighted by Gasteiger charge is -2.09. The third-order valence-corrected chi connectivity index (χ3v) is 3.95. The monoisotopic (exact) mass is 397 g/mol. The van der Waals surface area contributed by atoms with Crippen molar-refractivity contribution >= 4 is 5.91 Å². The number of benzene rings is 2. The molecule has 1 amide bonds. The second-order valence-corrected chi connectivity index (χ2v) is 6.00. The minimum atomic E-state index is -4.74. The van der Waals surface area contributed by atoms with Crippen molar-refractivity contribution in [3.05, 3.63) is 83.6 Å². The average molecular weight is 397 g/mol. The second kappa shape index (κ2) is 8.44. The van der Waals surface area contributed by atoms with Crippen molar-refractivity contribution < 1.29 is 22.7 Å². The first-order chi connectivity index (χ1) is 13.8. The number of hydrogen-bond donors (Lipinski definition) is 1. The van der Waals surface area contributed by atoms with Crippen molar-refractivity contribution in [2.75, 3.05) is 0 Å². The van der Waals surface area contributed by atoms with Crippen LogP contribution < -0.4 is 10.1 Å². The zero-order valence-electron chi connectivity index (χ0n) is 14.9. The molecule has 1 aromatic heterocycles. The van der Waals surface area contributed by atoms with E-state index in [1.807, 2.05) is 6.07 Å². The van der Waals surface area contributed by atoms with Gasteiger partial charge in [0.1, 0.15) is 5.75 Å². The van der Waals surface area contributed by atoms with Crippen molar-refractivity contribution in [2.24, 2.45) is 0 Å². The highest BCUT2D eigenvalue weighted by atomic mass is 19.4. The summed E-state index contributed by atoms with van der Waals surface area (Å²) in [6, 6.07) is 17.4. The molecule has 3 rings (SSSR count). The highest BCUT2D eigenvalue weighted by Gasteiger charge is 2.30. The van der Waals surface area contributed by atoms with Crippen LogP contribution in [0.1, 0.15) is 21.5 Å². The predicted molar refractivity (Wildman–Crippen MR) is 98.7 cm³/mol. The van der Waals surface area contributed by atoms with Crippen LogP contribution in [-0.2, 0) is 6.54 Å². The summed E-state index contributed by atoms with van der Waals surface area (Å²) >= 11 is 0. The molecule has 3 aromatic rings. The van der Waals surface area contributed by atoms with Gasteiger partial charge in [-0.2, -0.15) is 5.26 Å². The molecular weight excluding hydrogens is 383 g/mol. The summed E-state index contributed by atoms with van der Waals surface area (Å²) in [6.45, 7) is 0.299. The van der Waals surface area contributed by atoms with Gasteiger partial charge in [0, 0.05) is 18.3 Å². The van der Waals surface area contributed by atoms with Crippen molar-refractivity contribution in [3.63, 3.8) is 0 Å². The number of halogens is 3.